The van der Waals surface area contributed by atoms with E-state index in [-0.39, 0.29) is 12.5 Å². The quantitative estimate of drug-likeness (QED) is 0.622. The first-order valence-corrected chi connectivity index (χ1v) is 7.46. The van der Waals surface area contributed by atoms with Crippen LogP contribution in [0.3, 0.4) is 0 Å². The van der Waals surface area contributed by atoms with Crippen molar-refractivity contribution in [3.05, 3.63) is 64.7 Å². The standard InChI is InChI=1S/C17H16ClN3O3/c1-24-15-8-4-13(5-9-15)17(23)19-11-16(22)21-20-10-12-2-6-14(18)7-3-12/h2-10H,11H2,1H3,(H,19,23)(H,21,22). The number of halogens is 1. The van der Waals surface area contributed by atoms with E-state index < -0.39 is 5.91 Å². The Hall–Kier alpha value is -2.86. The molecule has 0 unspecified atom stereocenters. The average Bonchev–Trinajstić information content (AvgIpc) is 2.61. The first kappa shape index (κ1) is 17.5. The van der Waals surface area contributed by atoms with Crippen molar-refractivity contribution in [2.75, 3.05) is 13.7 Å². The molecule has 2 rings (SSSR count). The average molecular weight is 346 g/mol. The van der Waals surface area contributed by atoms with E-state index in [1.54, 1.807) is 55.6 Å². The highest BCUT2D eigenvalue weighted by Crippen LogP contribution is 2.11. The zero-order valence-corrected chi connectivity index (χ0v) is 13.7. The molecule has 2 aromatic rings. The maximum Gasteiger partial charge on any atom is 0.259 e. The van der Waals surface area contributed by atoms with Crippen LogP contribution in [0.25, 0.3) is 0 Å². The largest absolute Gasteiger partial charge is 0.497 e. The molecule has 6 nitrogen and oxygen atoms in total. The Morgan fingerprint density at radius 2 is 1.79 bits per heavy atom. The van der Waals surface area contributed by atoms with Crippen molar-refractivity contribution >= 4 is 29.6 Å². The lowest BCUT2D eigenvalue weighted by Crippen LogP contribution is -2.34. The number of benzene rings is 2. The Labute approximate surface area is 144 Å². The number of hydrogen-bond acceptors (Lipinski definition) is 4. The predicted octanol–water partition coefficient (Wildman–Crippen LogP) is 2.23. The molecule has 0 aliphatic heterocycles. The molecule has 0 fully saturated rings. The van der Waals surface area contributed by atoms with E-state index in [1.165, 1.54) is 6.21 Å². The van der Waals surface area contributed by atoms with Crippen LogP contribution in [0.5, 0.6) is 5.75 Å². The number of amides is 2. The number of nitrogens with zero attached hydrogens (tertiary/aromatic N) is 1. The van der Waals surface area contributed by atoms with E-state index in [2.05, 4.69) is 15.8 Å². The summed E-state index contributed by atoms with van der Waals surface area (Å²) in [6.45, 7) is -0.178. The van der Waals surface area contributed by atoms with Crippen molar-refractivity contribution in [3.63, 3.8) is 0 Å². The molecule has 0 aromatic heterocycles. The molecule has 124 valence electrons. The summed E-state index contributed by atoms with van der Waals surface area (Å²) in [5.41, 5.74) is 3.57. The van der Waals surface area contributed by atoms with Crippen molar-refractivity contribution < 1.29 is 14.3 Å². The van der Waals surface area contributed by atoms with Gasteiger partial charge in [-0.2, -0.15) is 5.10 Å². The monoisotopic (exact) mass is 345 g/mol. The second kappa shape index (κ2) is 8.69. The van der Waals surface area contributed by atoms with Crippen LogP contribution in [-0.2, 0) is 4.79 Å². The molecule has 2 amide bonds. The number of carbonyl (C=O) groups is 2. The minimum absolute atomic E-state index is 0.178. The maximum atomic E-state index is 11.9. The van der Waals surface area contributed by atoms with E-state index in [0.717, 1.165) is 5.56 Å². The normalized spacial score (nSPS) is 10.4. The summed E-state index contributed by atoms with van der Waals surface area (Å²) in [6, 6.07) is 13.6. The van der Waals surface area contributed by atoms with E-state index >= 15 is 0 Å². The minimum atomic E-state index is -0.429. The van der Waals surface area contributed by atoms with E-state index in [4.69, 9.17) is 16.3 Å². The Morgan fingerprint density at radius 1 is 1.12 bits per heavy atom. The highest BCUT2D eigenvalue weighted by molar-refractivity contribution is 6.30. The number of hydrazone groups is 1. The molecule has 0 saturated carbocycles. The van der Waals surface area contributed by atoms with Gasteiger partial charge in [-0.3, -0.25) is 9.59 Å². The second-order valence-electron chi connectivity index (χ2n) is 4.76. The fourth-order valence-corrected chi connectivity index (χ4v) is 1.90. The van der Waals surface area contributed by atoms with E-state index in [0.29, 0.717) is 16.3 Å². The van der Waals surface area contributed by atoms with Gasteiger partial charge in [-0.25, -0.2) is 5.43 Å². The molecule has 7 heteroatoms. The number of ether oxygens (including phenoxy) is 1. The summed E-state index contributed by atoms with van der Waals surface area (Å²) in [7, 11) is 1.55. The van der Waals surface area contributed by atoms with Gasteiger partial charge in [0.2, 0.25) is 0 Å². The molecule has 0 atom stereocenters. The fourth-order valence-electron chi connectivity index (χ4n) is 1.77. The van der Waals surface area contributed by atoms with Gasteiger partial charge in [0.05, 0.1) is 19.9 Å². The van der Waals surface area contributed by atoms with Crippen molar-refractivity contribution in [1.82, 2.24) is 10.7 Å². The number of nitrogens with one attached hydrogen (secondary N) is 2. The van der Waals surface area contributed by atoms with Crippen LogP contribution >= 0.6 is 11.6 Å². The molecular weight excluding hydrogens is 330 g/mol. The van der Waals surface area contributed by atoms with Crippen molar-refractivity contribution in [1.29, 1.82) is 0 Å². The lowest BCUT2D eigenvalue weighted by Gasteiger charge is -2.05. The Bertz CT molecular complexity index is 728. The van der Waals surface area contributed by atoms with Gasteiger partial charge in [-0.1, -0.05) is 23.7 Å². The van der Waals surface area contributed by atoms with Gasteiger partial charge < -0.3 is 10.1 Å². The van der Waals surface area contributed by atoms with Gasteiger partial charge >= 0.3 is 0 Å². The van der Waals surface area contributed by atoms with Gasteiger partial charge in [0.25, 0.3) is 11.8 Å². The van der Waals surface area contributed by atoms with Crippen LogP contribution in [0.4, 0.5) is 0 Å². The molecule has 0 heterocycles. The van der Waals surface area contributed by atoms with Gasteiger partial charge in [-0.05, 0) is 42.0 Å². The lowest BCUT2D eigenvalue weighted by molar-refractivity contribution is -0.120. The van der Waals surface area contributed by atoms with Crippen molar-refractivity contribution in [2.24, 2.45) is 5.10 Å². The first-order chi connectivity index (χ1) is 11.6. The number of methoxy groups -OCH3 is 1. The van der Waals surface area contributed by atoms with Crippen LogP contribution in [0.15, 0.2) is 53.6 Å². The molecule has 2 N–H and O–H groups in total. The summed E-state index contributed by atoms with van der Waals surface area (Å²) in [6.07, 6.45) is 1.49. The third-order valence-electron chi connectivity index (χ3n) is 3.03. The summed E-state index contributed by atoms with van der Waals surface area (Å²) in [5, 5.41) is 6.94. The third kappa shape index (κ3) is 5.40. The zero-order valence-electron chi connectivity index (χ0n) is 13.0. The minimum Gasteiger partial charge on any atom is -0.497 e. The molecule has 0 spiro atoms. The van der Waals surface area contributed by atoms with Gasteiger partial charge in [0, 0.05) is 10.6 Å². The van der Waals surface area contributed by atoms with Crippen LogP contribution in [-0.4, -0.2) is 31.7 Å². The van der Waals surface area contributed by atoms with Crippen LogP contribution in [0.2, 0.25) is 5.02 Å². The van der Waals surface area contributed by atoms with E-state index in [9.17, 15) is 9.59 Å². The Kier molecular flexibility index (Phi) is 6.33. The SMILES string of the molecule is COc1ccc(C(=O)NCC(=O)NN=Cc2ccc(Cl)cc2)cc1. The molecular formula is C17H16ClN3O3. The van der Waals surface area contributed by atoms with E-state index in [1.807, 2.05) is 0 Å². The molecule has 0 aliphatic carbocycles. The zero-order chi connectivity index (χ0) is 17.4. The number of carbonyl (C=O) groups excluding carboxylic acids is 2. The van der Waals surface area contributed by atoms with Gasteiger partial charge in [0.15, 0.2) is 0 Å². The fraction of sp³-hybridized carbons (Fsp3) is 0.118. The molecule has 0 saturated heterocycles. The second-order valence-corrected chi connectivity index (χ2v) is 5.19. The predicted molar refractivity (Wildman–Crippen MR) is 92.5 cm³/mol. The van der Waals surface area contributed by atoms with Gasteiger partial charge in [-0.15, -0.1) is 0 Å². The lowest BCUT2D eigenvalue weighted by atomic mass is 10.2. The van der Waals surface area contributed by atoms with Crippen LogP contribution < -0.4 is 15.5 Å². The maximum absolute atomic E-state index is 11.9. The van der Waals surface area contributed by atoms with Crippen molar-refractivity contribution in [3.8, 4) is 5.75 Å². The first-order valence-electron chi connectivity index (χ1n) is 7.08. The van der Waals surface area contributed by atoms with Crippen LogP contribution in [0.1, 0.15) is 15.9 Å². The van der Waals surface area contributed by atoms with Crippen molar-refractivity contribution in [2.45, 2.75) is 0 Å². The molecule has 0 bridgehead atoms. The van der Waals surface area contributed by atoms with Gasteiger partial charge in [0.1, 0.15) is 5.75 Å². The molecule has 2 aromatic carbocycles. The molecule has 0 aliphatic rings. The highest BCUT2D eigenvalue weighted by Gasteiger charge is 2.07. The highest BCUT2D eigenvalue weighted by atomic mass is 35.5. The summed E-state index contributed by atoms with van der Waals surface area (Å²) in [5.74, 6) is -0.127. The summed E-state index contributed by atoms with van der Waals surface area (Å²) in [4.78, 5) is 23.5. The third-order valence-corrected chi connectivity index (χ3v) is 3.29. The van der Waals surface area contributed by atoms with Crippen LogP contribution in [0, 0.1) is 0 Å². The number of hydrogen-bond donors (Lipinski definition) is 2. The number of rotatable bonds is 6. The Morgan fingerprint density at radius 3 is 2.42 bits per heavy atom. The molecule has 0 radical (unpaired) electrons. The smallest absolute Gasteiger partial charge is 0.259 e. The summed E-state index contributed by atoms with van der Waals surface area (Å²) >= 11 is 5.77. The topological polar surface area (TPSA) is 79.8 Å². The Balaban J connectivity index is 1.77. The molecule has 24 heavy (non-hydrogen) atoms. The summed E-state index contributed by atoms with van der Waals surface area (Å²) < 4.78 is 5.02.